The van der Waals surface area contributed by atoms with Gasteiger partial charge in [0.05, 0.1) is 29.3 Å². The summed E-state index contributed by atoms with van der Waals surface area (Å²) in [6.07, 6.45) is 4.47. The first-order valence-electron chi connectivity index (χ1n) is 12.0. The van der Waals surface area contributed by atoms with E-state index in [1.165, 1.54) is 12.1 Å². The van der Waals surface area contributed by atoms with Crippen LogP contribution >= 0.6 is 0 Å². The smallest absolute Gasteiger partial charge is 0.309 e. The van der Waals surface area contributed by atoms with Gasteiger partial charge in [0.2, 0.25) is 0 Å². The molecule has 7 nitrogen and oxygen atoms in total. The topological polar surface area (TPSA) is 93.0 Å². The Hall–Kier alpha value is -3.26. The third kappa shape index (κ3) is 3.89. The molecule has 0 radical (unpaired) electrons. The molecule has 8 heteroatoms. The third-order valence-corrected chi connectivity index (χ3v) is 7.63. The molecule has 4 aromatic rings. The molecule has 0 spiro atoms. The second kappa shape index (κ2) is 8.45. The average molecular weight is 479 g/mol. The van der Waals surface area contributed by atoms with Crippen LogP contribution in [-0.2, 0) is 14.9 Å². The number of benzene rings is 1. The number of fused-ring (bicyclic) bond motifs is 2. The Bertz CT molecular complexity index is 1400. The number of carbonyl (C=O) groups is 1. The Labute approximate surface area is 203 Å². The third-order valence-electron chi connectivity index (χ3n) is 7.63. The number of pyridine rings is 1. The molecule has 0 unspecified atom stereocenters. The van der Waals surface area contributed by atoms with Gasteiger partial charge in [-0.15, -0.1) is 0 Å². The fourth-order valence-corrected chi connectivity index (χ4v) is 5.69. The van der Waals surface area contributed by atoms with E-state index >= 15 is 0 Å². The standard InChI is InChI=1S/C27H31FN4O3/c1-26(2,15-35-4)23-21(16-9-11-27(3,12-10-16)25(33)34)22-20(13-17-14-29-31-24(17)30-22)32(23)19-7-5-18(28)6-8-19/h5-8,13-14,16H,9-12,15H2,1-4H3,(H,33,34)(H,29,30,31). The van der Waals surface area contributed by atoms with Crippen LogP contribution in [0.4, 0.5) is 4.39 Å². The van der Waals surface area contributed by atoms with E-state index in [1.54, 1.807) is 25.4 Å². The average Bonchev–Trinajstić information content (AvgIpc) is 3.41. The number of ether oxygens (including phenoxy) is 1. The van der Waals surface area contributed by atoms with E-state index in [2.05, 4.69) is 34.7 Å². The fraction of sp³-hybridized carbons (Fsp3) is 0.444. The summed E-state index contributed by atoms with van der Waals surface area (Å²) < 4.78 is 21.7. The summed E-state index contributed by atoms with van der Waals surface area (Å²) >= 11 is 0. The van der Waals surface area contributed by atoms with Crippen molar-refractivity contribution in [1.29, 1.82) is 0 Å². The first kappa shape index (κ1) is 23.5. The first-order valence-corrected chi connectivity index (χ1v) is 12.0. The van der Waals surface area contributed by atoms with Crippen LogP contribution in [-0.4, -0.2) is 44.5 Å². The molecule has 1 aliphatic rings. The lowest BCUT2D eigenvalue weighted by molar-refractivity contribution is -0.149. The molecule has 0 atom stereocenters. The Morgan fingerprint density at radius 3 is 2.60 bits per heavy atom. The van der Waals surface area contributed by atoms with Gasteiger partial charge in [0.1, 0.15) is 5.82 Å². The Kier molecular flexibility index (Phi) is 5.67. The molecular weight excluding hydrogens is 447 g/mol. The molecule has 5 rings (SSSR count). The van der Waals surface area contributed by atoms with Crippen molar-refractivity contribution in [3.05, 3.63) is 53.6 Å². The number of hydrogen-bond acceptors (Lipinski definition) is 4. The molecule has 0 aliphatic heterocycles. The molecule has 1 aliphatic carbocycles. The second-order valence-electron chi connectivity index (χ2n) is 10.7. The van der Waals surface area contributed by atoms with Gasteiger partial charge < -0.3 is 14.4 Å². The molecule has 3 heterocycles. The monoisotopic (exact) mass is 478 g/mol. The van der Waals surface area contributed by atoms with E-state index < -0.39 is 16.8 Å². The van der Waals surface area contributed by atoms with Crippen LogP contribution in [0.3, 0.4) is 0 Å². The van der Waals surface area contributed by atoms with Crippen molar-refractivity contribution in [2.75, 3.05) is 13.7 Å². The highest BCUT2D eigenvalue weighted by Gasteiger charge is 2.41. The van der Waals surface area contributed by atoms with Gasteiger partial charge in [-0.2, -0.15) is 5.10 Å². The molecular formula is C27H31FN4O3. The van der Waals surface area contributed by atoms with Crippen molar-refractivity contribution in [1.82, 2.24) is 19.7 Å². The minimum atomic E-state index is -0.734. The van der Waals surface area contributed by atoms with Crippen LogP contribution in [0.1, 0.15) is 63.6 Å². The summed E-state index contributed by atoms with van der Waals surface area (Å²) in [6.45, 7) is 6.61. The molecule has 2 N–H and O–H groups in total. The number of halogens is 1. The highest BCUT2D eigenvalue weighted by atomic mass is 19.1. The molecule has 35 heavy (non-hydrogen) atoms. The van der Waals surface area contributed by atoms with Gasteiger partial charge in [-0.05, 0) is 68.9 Å². The van der Waals surface area contributed by atoms with Crippen molar-refractivity contribution in [3.63, 3.8) is 0 Å². The zero-order chi connectivity index (χ0) is 25.0. The van der Waals surface area contributed by atoms with Gasteiger partial charge >= 0.3 is 5.97 Å². The van der Waals surface area contributed by atoms with Crippen molar-refractivity contribution < 1.29 is 19.0 Å². The maximum Gasteiger partial charge on any atom is 0.309 e. The van der Waals surface area contributed by atoms with Gasteiger partial charge in [0, 0.05) is 34.9 Å². The number of methoxy groups -OCH3 is 1. The van der Waals surface area contributed by atoms with Crippen LogP contribution in [0.25, 0.3) is 27.8 Å². The summed E-state index contributed by atoms with van der Waals surface area (Å²) in [6, 6.07) is 8.58. The summed E-state index contributed by atoms with van der Waals surface area (Å²) in [5.74, 6) is -0.883. The number of nitrogens with zero attached hydrogens (tertiary/aromatic N) is 3. The van der Waals surface area contributed by atoms with Crippen molar-refractivity contribution in [3.8, 4) is 5.69 Å². The molecule has 1 aromatic carbocycles. The predicted molar refractivity (Wildman–Crippen MR) is 133 cm³/mol. The van der Waals surface area contributed by atoms with Gasteiger partial charge in [-0.1, -0.05) is 13.8 Å². The highest BCUT2D eigenvalue weighted by Crippen LogP contribution is 2.49. The number of carboxylic acid groups (broad SMARTS) is 1. The van der Waals surface area contributed by atoms with Gasteiger partial charge in [0.25, 0.3) is 0 Å². The lowest BCUT2D eigenvalue weighted by Gasteiger charge is -2.36. The summed E-state index contributed by atoms with van der Waals surface area (Å²) in [5.41, 5.74) is 4.43. The van der Waals surface area contributed by atoms with Crippen LogP contribution < -0.4 is 0 Å². The minimum absolute atomic E-state index is 0.144. The van der Waals surface area contributed by atoms with E-state index in [4.69, 9.17) is 9.72 Å². The molecule has 0 bridgehead atoms. The number of aromatic nitrogens is 4. The van der Waals surface area contributed by atoms with Crippen molar-refractivity contribution in [2.45, 2.75) is 57.8 Å². The van der Waals surface area contributed by atoms with Gasteiger partial charge in [0.15, 0.2) is 5.65 Å². The van der Waals surface area contributed by atoms with E-state index in [9.17, 15) is 14.3 Å². The van der Waals surface area contributed by atoms with E-state index in [1.807, 2.05) is 6.92 Å². The number of aromatic amines is 1. The Morgan fingerprint density at radius 2 is 1.97 bits per heavy atom. The van der Waals surface area contributed by atoms with E-state index in [0.717, 1.165) is 46.2 Å². The van der Waals surface area contributed by atoms with Crippen LogP contribution in [0.15, 0.2) is 36.5 Å². The molecule has 1 saturated carbocycles. The van der Waals surface area contributed by atoms with E-state index in [-0.39, 0.29) is 11.7 Å². The normalized spacial score (nSPS) is 21.1. The molecule has 3 aromatic heterocycles. The summed E-state index contributed by atoms with van der Waals surface area (Å²) in [5, 5.41) is 17.8. The first-order chi connectivity index (χ1) is 16.6. The predicted octanol–water partition coefficient (Wildman–Crippen LogP) is 5.71. The number of nitrogens with one attached hydrogen (secondary N) is 1. The zero-order valence-electron chi connectivity index (χ0n) is 20.6. The van der Waals surface area contributed by atoms with Crippen LogP contribution in [0, 0.1) is 11.2 Å². The van der Waals surface area contributed by atoms with Crippen LogP contribution in [0.2, 0.25) is 0 Å². The van der Waals surface area contributed by atoms with Crippen molar-refractivity contribution in [2.24, 2.45) is 5.41 Å². The van der Waals surface area contributed by atoms with Crippen molar-refractivity contribution >= 4 is 28.0 Å². The minimum Gasteiger partial charge on any atom is -0.481 e. The fourth-order valence-electron chi connectivity index (χ4n) is 5.69. The van der Waals surface area contributed by atoms with Crippen LogP contribution in [0.5, 0.6) is 0 Å². The number of carboxylic acids is 1. The zero-order valence-corrected chi connectivity index (χ0v) is 20.6. The molecule has 0 amide bonds. The molecule has 184 valence electrons. The quantitative estimate of drug-likeness (QED) is 0.370. The van der Waals surface area contributed by atoms with Gasteiger partial charge in [-0.3, -0.25) is 9.89 Å². The largest absolute Gasteiger partial charge is 0.481 e. The maximum absolute atomic E-state index is 13.9. The number of hydrogen-bond donors (Lipinski definition) is 2. The second-order valence-corrected chi connectivity index (χ2v) is 10.7. The maximum atomic E-state index is 13.9. The van der Waals surface area contributed by atoms with Gasteiger partial charge in [-0.25, -0.2) is 9.37 Å². The lowest BCUT2D eigenvalue weighted by Crippen LogP contribution is -2.33. The summed E-state index contributed by atoms with van der Waals surface area (Å²) in [7, 11) is 1.69. The van der Waals surface area contributed by atoms with E-state index in [0.29, 0.717) is 25.1 Å². The highest BCUT2D eigenvalue weighted by molar-refractivity contribution is 5.94. The Morgan fingerprint density at radius 1 is 1.29 bits per heavy atom. The molecule has 1 fully saturated rings. The lowest BCUT2D eigenvalue weighted by atomic mass is 9.69. The number of H-pyrrole nitrogens is 1. The summed E-state index contributed by atoms with van der Waals surface area (Å²) in [4.78, 5) is 16.9. The number of aliphatic carboxylic acids is 1. The number of rotatable bonds is 6. The Balaban J connectivity index is 1.80. The molecule has 0 saturated heterocycles. The SMILES string of the molecule is COCC(C)(C)c1c(C2CCC(C)(C(=O)O)CC2)c2nc3[nH]ncc3cc2n1-c1ccc(F)cc1.